The molecule has 3 atom stereocenters. The first-order chi connectivity index (χ1) is 38.0. The van der Waals surface area contributed by atoms with Gasteiger partial charge in [0.15, 0.2) is 0 Å². The van der Waals surface area contributed by atoms with Gasteiger partial charge in [0.05, 0.1) is 48.8 Å². The fourth-order valence-corrected chi connectivity index (χ4v) is 9.86. The zero-order valence-corrected chi connectivity index (χ0v) is 46.8. The number of aryl methyl sites for hydroxylation is 4. The Bertz CT molecular complexity index is 3240. The van der Waals surface area contributed by atoms with E-state index in [9.17, 15) is 58.7 Å². The van der Waals surface area contributed by atoms with E-state index in [0.717, 1.165) is 6.20 Å². The molecule has 4 aromatic carbocycles. The highest BCUT2D eigenvalue weighted by molar-refractivity contribution is 5.83. The van der Waals surface area contributed by atoms with E-state index in [4.69, 9.17) is 15.2 Å². The van der Waals surface area contributed by atoms with Crippen LogP contribution in [0.15, 0.2) is 53.5 Å². The van der Waals surface area contributed by atoms with Gasteiger partial charge >= 0.3 is 30.5 Å². The van der Waals surface area contributed by atoms with Gasteiger partial charge in [-0.25, -0.2) is 17.6 Å². The Balaban J connectivity index is 1.36. The fraction of sp³-hybridized carbons (Fsp3) is 0.458. The number of nitrogens with two attached hydrogens (primary N) is 1. The molecular formula is C59H65F13N4O6. The summed E-state index contributed by atoms with van der Waals surface area (Å²) in [6.07, 6.45) is -17.4. The van der Waals surface area contributed by atoms with Crippen LogP contribution in [0.3, 0.4) is 0 Å². The summed E-state index contributed by atoms with van der Waals surface area (Å²) in [5.41, 5.74) is -1.93. The van der Waals surface area contributed by atoms with Crippen molar-refractivity contribution in [3.63, 3.8) is 0 Å². The number of benzene rings is 4. The maximum Gasteiger partial charge on any atom is 0.419 e. The van der Waals surface area contributed by atoms with Gasteiger partial charge in [0.25, 0.3) is 5.56 Å². The Kier molecular flexibility index (Phi) is 21.5. The molecular weight excluding hydrogens is 1110 g/mol. The number of alkyl halides is 9. The fourth-order valence-electron chi connectivity index (χ4n) is 9.86. The quantitative estimate of drug-likeness (QED) is 0.0398. The number of halogens is 13. The summed E-state index contributed by atoms with van der Waals surface area (Å²) in [6.45, 7) is 13.4. The molecule has 1 amide bonds. The highest BCUT2D eigenvalue weighted by atomic mass is 19.4. The molecule has 1 heterocycles. The van der Waals surface area contributed by atoms with Crippen molar-refractivity contribution in [2.24, 2.45) is 11.7 Å². The number of ether oxygens (including phenoxy) is 2. The SMILES string of the molecule is CCOC(=O)C[C@H](NC(=O)C(CC(C)C)n1cc(CCN(C)CCCCOC(=O)C[C@H](N)c2c(F)c(-c3c(C)ccc(C)c3C)cc(C(F)(F)F)c2F)c(C(F)(F)F)cc1=O)c1c(F)c(-c2c(C)ccc(C)c2C)cc(C(F)(F)F)c1F. The smallest absolute Gasteiger partial charge is 0.419 e. The first-order valence-electron chi connectivity index (χ1n) is 26.2. The van der Waals surface area contributed by atoms with Crippen LogP contribution in [0.4, 0.5) is 57.1 Å². The highest BCUT2D eigenvalue weighted by Crippen LogP contribution is 2.45. The van der Waals surface area contributed by atoms with Gasteiger partial charge in [0.1, 0.15) is 29.3 Å². The first kappa shape index (κ1) is 66.1. The van der Waals surface area contributed by atoms with Gasteiger partial charge in [-0.2, -0.15) is 39.5 Å². The zero-order valence-electron chi connectivity index (χ0n) is 46.8. The number of hydrogen-bond acceptors (Lipinski definition) is 8. The number of aromatic nitrogens is 1. The Morgan fingerprint density at radius 1 is 0.646 bits per heavy atom. The van der Waals surface area contributed by atoms with Gasteiger partial charge in [-0.05, 0) is 156 Å². The van der Waals surface area contributed by atoms with Crippen LogP contribution >= 0.6 is 0 Å². The minimum absolute atomic E-state index is 0.0188. The summed E-state index contributed by atoms with van der Waals surface area (Å²) < 4.78 is 206. The molecule has 0 saturated carbocycles. The lowest BCUT2D eigenvalue weighted by Crippen LogP contribution is -2.41. The Morgan fingerprint density at radius 2 is 1.12 bits per heavy atom. The minimum atomic E-state index is -5.43. The van der Waals surface area contributed by atoms with Gasteiger partial charge in [0, 0.05) is 47.1 Å². The molecule has 0 aliphatic rings. The molecule has 0 fully saturated rings. The number of carbonyl (C=O) groups is 3. The van der Waals surface area contributed by atoms with Crippen molar-refractivity contribution in [1.82, 2.24) is 14.8 Å². The molecule has 23 heteroatoms. The lowest BCUT2D eigenvalue weighted by molar-refractivity contribution is -0.145. The third-order valence-electron chi connectivity index (χ3n) is 14.4. The van der Waals surface area contributed by atoms with E-state index in [1.807, 2.05) is 0 Å². The van der Waals surface area contributed by atoms with Gasteiger partial charge in [-0.15, -0.1) is 0 Å². The molecule has 82 heavy (non-hydrogen) atoms. The predicted molar refractivity (Wildman–Crippen MR) is 281 cm³/mol. The number of pyridine rings is 1. The second kappa shape index (κ2) is 26.7. The largest absolute Gasteiger partial charge is 0.466 e. The van der Waals surface area contributed by atoms with E-state index in [1.54, 1.807) is 64.6 Å². The van der Waals surface area contributed by atoms with Crippen molar-refractivity contribution in [2.75, 3.05) is 33.4 Å². The van der Waals surface area contributed by atoms with E-state index in [0.29, 0.717) is 50.1 Å². The molecule has 0 bridgehead atoms. The lowest BCUT2D eigenvalue weighted by Gasteiger charge is -2.28. The van der Waals surface area contributed by atoms with Crippen LogP contribution < -0.4 is 16.6 Å². The lowest BCUT2D eigenvalue weighted by atomic mass is 9.87. The average Bonchev–Trinajstić information content (AvgIpc) is 3.46. The molecule has 5 aromatic rings. The third-order valence-corrected chi connectivity index (χ3v) is 14.4. The summed E-state index contributed by atoms with van der Waals surface area (Å²) >= 11 is 0. The Morgan fingerprint density at radius 3 is 1.61 bits per heavy atom. The van der Waals surface area contributed by atoms with Crippen LogP contribution in [0.1, 0.15) is 138 Å². The standard InChI is InChI=1S/C59H65F13N4O6/c1-11-81-47(79)27-43(51-53(61)38(24-41(55(51)63)59(70,71)72)49-33(7)17-15-31(5)35(49)9)74-56(80)44(22-29(2)3)76-28-36(39(25-45(76)77)57(64,65)66)18-20-75(10)19-12-13-21-82-46(78)26-42(73)50-52(60)37(23-40(54(50)62)58(67,68)69)48-32(6)16-14-30(4)34(48)8/h14-17,23-25,28-29,42-44H,11-13,18-22,26-27,73H2,1-10H3,(H,74,80)/t42-,43-,44?/m0/s1. The van der Waals surface area contributed by atoms with Gasteiger partial charge < -0.3 is 30.0 Å². The normalized spacial score (nSPS) is 13.4. The molecule has 0 aliphatic heterocycles. The molecule has 0 radical (unpaired) electrons. The molecule has 0 aliphatic carbocycles. The number of carbonyl (C=O) groups excluding carboxylic acids is 3. The first-order valence-corrected chi connectivity index (χ1v) is 26.2. The van der Waals surface area contributed by atoms with E-state index in [-0.39, 0.29) is 62.8 Å². The molecule has 0 spiro atoms. The molecule has 10 nitrogen and oxygen atoms in total. The van der Waals surface area contributed by atoms with Crippen LogP contribution in [-0.2, 0) is 48.8 Å². The van der Waals surface area contributed by atoms with Crippen LogP contribution in [0.25, 0.3) is 22.3 Å². The Hall–Kier alpha value is -6.75. The van der Waals surface area contributed by atoms with Gasteiger partial charge in [0.2, 0.25) is 5.91 Å². The zero-order chi connectivity index (χ0) is 61.7. The van der Waals surface area contributed by atoms with E-state index >= 15 is 17.6 Å². The van der Waals surface area contributed by atoms with Crippen LogP contribution in [0, 0.1) is 70.7 Å². The van der Waals surface area contributed by atoms with Crippen molar-refractivity contribution >= 4 is 17.8 Å². The van der Waals surface area contributed by atoms with Crippen LogP contribution in [0.5, 0.6) is 0 Å². The summed E-state index contributed by atoms with van der Waals surface area (Å²) in [6, 6.07) is 1.42. The van der Waals surface area contributed by atoms with Crippen LogP contribution in [-0.4, -0.2) is 60.7 Å². The number of nitrogens with zero attached hydrogens (tertiary/aromatic N) is 2. The van der Waals surface area contributed by atoms with Gasteiger partial charge in [-0.1, -0.05) is 38.1 Å². The second-order valence-corrected chi connectivity index (χ2v) is 20.9. The monoisotopic (exact) mass is 1170 g/mol. The van der Waals surface area contributed by atoms with Gasteiger partial charge in [-0.3, -0.25) is 19.2 Å². The van der Waals surface area contributed by atoms with Crippen molar-refractivity contribution < 1.29 is 80.9 Å². The minimum Gasteiger partial charge on any atom is -0.466 e. The molecule has 5 rings (SSSR count). The van der Waals surface area contributed by atoms with Crippen molar-refractivity contribution in [1.29, 1.82) is 0 Å². The molecule has 448 valence electrons. The van der Waals surface area contributed by atoms with Crippen molar-refractivity contribution in [3.05, 3.63) is 149 Å². The maximum absolute atomic E-state index is 17.0. The summed E-state index contributed by atoms with van der Waals surface area (Å²) in [4.78, 5) is 55.6. The van der Waals surface area contributed by atoms with E-state index in [1.165, 1.54) is 33.9 Å². The number of hydrogen-bond donors (Lipinski definition) is 2. The number of unbranched alkanes of at least 4 members (excludes halogenated alkanes) is 1. The molecule has 0 saturated heterocycles. The summed E-state index contributed by atoms with van der Waals surface area (Å²) in [7, 11) is 1.53. The number of amides is 1. The number of nitrogens with one attached hydrogen (secondary N) is 1. The summed E-state index contributed by atoms with van der Waals surface area (Å²) in [5.74, 6) is -11.2. The van der Waals surface area contributed by atoms with Crippen LogP contribution in [0.2, 0.25) is 0 Å². The Labute approximate surface area is 466 Å². The van der Waals surface area contributed by atoms with E-state index < -0.39 is 153 Å². The molecule has 1 unspecified atom stereocenters. The van der Waals surface area contributed by atoms with Crippen molar-refractivity contribution in [2.45, 2.75) is 137 Å². The van der Waals surface area contributed by atoms with E-state index in [2.05, 4.69) is 5.32 Å². The summed E-state index contributed by atoms with van der Waals surface area (Å²) in [5, 5.41) is 2.25. The number of rotatable bonds is 22. The predicted octanol–water partition coefficient (Wildman–Crippen LogP) is 13.9. The average molecular weight is 1170 g/mol. The third kappa shape index (κ3) is 15.5. The number of esters is 2. The number of likely N-dealkylation sites (N-methyl/N-ethyl adjacent to an activating group) is 1. The molecule has 3 N–H and O–H groups in total. The second-order valence-electron chi connectivity index (χ2n) is 20.9. The molecule has 1 aromatic heterocycles. The maximum atomic E-state index is 17.0. The highest BCUT2D eigenvalue weighted by Gasteiger charge is 2.42. The van der Waals surface area contributed by atoms with Crippen molar-refractivity contribution in [3.8, 4) is 22.3 Å². The topological polar surface area (TPSA) is 133 Å².